The van der Waals surface area contributed by atoms with Crippen molar-refractivity contribution in [3.05, 3.63) is 187 Å². The van der Waals surface area contributed by atoms with Gasteiger partial charge in [-0.3, -0.25) is 0 Å². The van der Waals surface area contributed by atoms with Crippen LogP contribution in [0.25, 0.3) is 82.9 Å². The molecule has 55 heavy (non-hydrogen) atoms. The lowest BCUT2D eigenvalue weighted by atomic mass is 9.75. The van der Waals surface area contributed by atoms with E-state index in [1.54, 1.807) is 0 Å². The van der Waals surface area contributed by atoms with Crippen molar-refractivity contribution in [2.24, 2.45) is 0 Å². The van der Waals surface area contributed by atoms with Crippen molar-refractivity contribution in [2.75, 3.05) is 0 Å². The second-order valence-corrected chi connectivity index (χ2v) is 14.9. The fourth-order valence-corrected chi connectivity index (χ4v) is 8.74. The minimum Gasteiger partial charge on any atom is -0.454 e. The molecule has 0 amide bonds. The standard InChI is InChI=1S/C51H35N3O/c1-51(2)41-20-10-13-23-46(41)55-49-42(51)30-28-38-37-18-9-12-22-44(37)54(48(38)49)45-31-29-39(35-16-6-7-17-36(35)45)50-52-43-21-11-8-19-40(43)47(53-50)34-26-24-33(25-27-34)32-14-4-3-5-15-32/h3-31H,1-2H3. The molecule has 0 atom stereocenters. The molecule has 4 nitrogen and oxygen atoms in total. The fraction of sp³-hybridized carbons (Fsp3) is 0.0588. The predicted molar refractivity (Wildman–Crippen MR) is 226 cm³/mol. The van der Waals surface area contributed by atoms with Crippen LogP contribution >= 0.6 is 0 Å². The minimum atomic E-state index is -0.238. The van der Waals surface area contributed by atoms with Gasteiger partial charge in [0, 0.05) is 49.2 Å². The van der Waals surface area contributed by atoms with Crippen LogP contribution in [-0.2, 0) is 5.41 Å². The molecule has 8 aromatic carbocycles. The van der Waals surface area contributed by atoms with Crippen LogP contribution in [0.5, 0.6) is 11.5 Å². The first-order chi connectivity index (χ1) is 27.0. The van der Waals surface area contributed by atoms with Gasteiger partial charge in [0.15, 0.2) is 11.6 Å². The topological polar surface area (TPSA) is 39.9 Å². The molecule has 11 rings (SSSR count). The highest BCUT2D eigenvalue weighted by molar-refractivity contribution is 6.14. The van der Waals surface area contributed by atoms with Gasteiger partial charge in [-0.05, 0) is 46.8 Å². The molecule has 0 saturated carbocycles. The van der Waals surface area contributed by atoms with E-state index in [0.717, 1.165) is 66.7 Å². The van der Waals surface area contributed by atoms with Crippen LogP contribution in [0, 0.1) is 0 Å². The van der Waals surface area contributed by atoms with Crippen molar-refractivity contribution in [1.29, 1.82) is 0 Å². The van der Waals surface area contributed by atoms with Crippen molar-refractivity contribution in [3.8, 4) is 51.0 Å². The molecule has 1 aliphatic heterocycles. The van der Waals surface area contributed by atoms with Crippen LogP contribution in [-0.4, -0.2) is 14.5 Å². The molecule has 0 spiro atoms. The summed E-state index contributed by atoms with van der Waals surface area (Å²) in [6.45, 7) is 4.59. The first kappa shape index (κ1) is 31.5. The number of para-hydroxylation sites is 3. The minimum absolute atomic E-state index is 0.238. The Balaban J connectivity index is 1.13. The second kappa shape index (κ2) is 12.0. The largest absolute Gasteiger partial charge is 0.454 e. The lowest BCUT2D eigenvalue weighted by Crippen LogP contribution is -2.24. The molecule has 10 aromatic rings. The maximum atomic E-state index is 6.91. The third-order valence-corrected chi connectivity index (χ3v) is 11.5. The number of hydrogen-bond donors (Lipinski definition) is 0. The van der Waals surface area contributed by atoms with E-state index in [0.29, 0.717) is 5.82 Å². The van der Waals surface area contributed by atoms with Crippen LogP contribution in [0.15, 0.2) is 176 Å². The van der Waals surface area contributed by atoms with Crippen molar-refractivity contribution in [3.63, 3.8) is 0 Å². The predicted octanol–water partition coefficient (Wildman–Crippen LogP) is 13.3. The second-order valence-electron chi connectivity index (χ2n) is 14.9. The van der Waals surface area contributed by atoms with Crippen LogP contribution in [0.2, 0.25) is 0 Å². The molecule has 0 unspecified atom stereocenters. The quantitative estimate of drug-likeness (QED) is 0.183. The van der Waals surface area contributed by atoms with Gasteiger partial charge in [-0.25, -0.2) is 9.97 Å². The van der Waals surface area contributed by atoms with Gasteiger partial charge >= 0.3 is 0 Å². The summed E-state index contributed by atoms with van der Waals surface area (Å²) in [5.74, 6) is 2.51. The van der Waals surface area contributed by atoms with Gasteiger partial charge in [0.05, 0.1) is 27.9 Å². The first-order valence-corrected chi connectivity index (χ1v) is 18.8. The third kappa shape index (κ3) is 4.78. The Morgan fingerprint density at radius 2 is 1.13 bits per heavy atom. The molecule has 3 heterocycles. The molecule has 0 bridgehead atoms. The molecule has 1 aliphatic rings. The van der Waals surface area contributed by atoms with E-state index in [1.807, 2.05) is 12.1 Å². The highest BCUT2D eigenvalue weighted by Gasteiger charge is 2.36. The average Bonchev–Trinajstić information content (AvgIpc) is 3.58. The van der Waals surface area contributed by atoms with Crippen LogP contribution in [0.4, 0.5) is 0 Å². The number of benzene rings is 8. The van der Waals surface area contributed by atoms with Gasteiger partial charge in [-0.2, -0.15) is 0 Å². The van der Waals surface area contributed by atoms with E-state index in [4.69, 9.17) is 14.7 Å². The van der Waals surface area contributed by atoms with Crippen molar-refractivity contribution in [1.82, 2.24) is 14.5 Å². The number of fused-ring (bicyclic) bond motifs is 8. The summed E-state index contributed by atoms with van der Waals surface area (Å²) in [7, 11) is 0. The number of nitrogens with zero attached hydrogens (tertiary/aromatic N) is 3. The Morgan fingerprint density at radius 3 is 1.96 bits per heavy atom. The normalized spacial score (nSPS) is 13.2. The molecule has 0 N–H and O–H groups in total. The smallest absolute Gasteiger partial charge is 0.161 e. The SMILES string of the molecule is CC1(C)c2ccccc2Oc2c1ccc1c3ccccc3n(-c3ccc(-c4nc(-c5ccc(-c6ccccc6)cc5)c5ccccc5n4)c4ccccc34)c21. The zero-order valence-corrected chi connectivity index (χ0v) is 30.5. The monoisotopic (exact) mass is 705 g/mol. The van der Waals surface area contributed by atoms with Crippen LogP contribution in [0.1, 0.15) is 25.0 Å². The Kier molecular flexibility index (Phi) is 6.86. The molecule has 2 aromatic heterocycles. The summed E-state index contributed by atoms with van der Waals surface area (Å²) < 4.78 is 9.31. The van der Waals surface area contributed by atoms with Gasteiger partial charge in [0.1, 0.15) is 5.75 Å². The van der Waals surface area contributed by atoms with Crippen molar-refractivity contribution in [2.45, 2.75) is 19.3 Å². The summed E-state index contributed by atoms with van der Waals surface area (Å²) >= 11 is 0. The molecule has 0 radical (unpaired) electrons. The Morgan fingerprint density at radius 1 is 0.473 bits per heavy atom. The maximum Gasteiger partial charge on any atom is 0.161 e. The molecule has 0 saturated heterocycles. The van der Waals surface area contributed by atoms with Gasteiger partial charge in [0.25, 0.3) is 0 Å². The van der Waals surface area contributed by atoms with E-state index >= 15 is 0 Å². The van der Waals surface area contributed by atoms with Crippen molar-refractivity contribution < 1.29 is 4.74 Å². The summed E-state index contributed by atoms with van der Waals surface area (Å²) in [6.07, 6.45) is 0. The van der Waals surface area contributed by atoms with E-state index < -0.39 is 0 Å². The van der Waals surface area contributed by atoms with E-state index in [1.165, 1.54) is 33.0 Å². The maximum absolute atomic E-state index is 6.91. The van der Waals surface area contributed by atoms with Gasteiger partial charge < -0.3 is 9.30 Å². The molecule has 260 valence electrons. The first-order valence-electron chi connectivity index (χ1n) is 18.8. The fourth-order valence-electron chi connectivity index (χ4n) is 8.74. The zero-order chi connectivity index (χ0) is 36.7. The van der Waals surface area contributed by atoms with E-state index in [9.17, 15) is 0 Å². The molecular weight excluding hydrogens is 671 g/mol. The van der Waals surface area contributed by atoms with Crippen molar-refractivity contribution >= 4 is 43.5 Å². The van der Waals surface area contributed by atoms with Crippen LogP contribution in [0.3, 0.4) is 0 Å². The number of ether oxygens (including phenoxy) is 1. The summed E-state index contributed by atoms with van der Waals surface area (Å²) in [4.78, 5) is 10.5. The Bertz CT molecular complexity index is 3140. The zero-order valence-electron chi connectivity index (χ0n) is 30.5. The number of hydrogen-bond acceptors (Lipinski definition) is 3. The van der Waals surface area contributed by atoms with Crippen LogP contribution < -0.4 is 4.74 Å². The summed E-state index contributed by atoms with van der Waals surface area (Å²) in [6, 6.07) is 62.2. The number of rotatable bonds is 4. The molecular formula is C51H35N3O. The lowest BCUT2D eigenvalue weighted by Gasteiger charge is -2.35. The van der Waals surface area contributed by atoms with E-state index in [2.05, 4.69) is 182 Å². The molecule has 4 heteroatoms. The summed E-state index contributed by atoms with van der Waals surface area (Å²) in [5.41, 5.74) is 11.7. The van der Waals surface area contributed by atoms with E-state index in [-0.39, 0.29) is 5.41 Å². The average molecular weight is 706 g/mol. The third-order valence-electron chi connectivity index (χ3n) is 11.5. The summed E-state index contributed by atoms with van der Waals surface area (Å²) in [5, 5.41) is 5.58. The Hall–Kier alpha value is -7.04. The number of aromatic nitrogens is 3. The highest BCUT2D eigenvalue weighted by atomic mass is 16.5. The molecule has 0 aliphatic carbocycles. The van der Waals surface area contributed by atoms with Gasteiger partial charge in [0.2, 0.25) is 0 Å². The Labute approximate surface area is 319 Å². The molecule has 0 fully saturated rings. The van der Waals surface area contributed by atoms with Gasteiger partial charge in [-0.1, -0.05) is 159 Å². The van der Waals surface area contributed by atoms with Gasteiger partial charge in [-0.15, -0.1) is 0 Å². The lowest BCUT2D eigenvalue weighted by molar-refractivity contribution is 0.421. The highest BCUT2D eigenvalue weighted by Crippen LogP contribution is 2.52.